The molecule has 1 aromatic heterocycles. The van der Waals surface area contributed by atoms with Gasteiger partial charge in [-0.25, -0.2) is 9.63 Å². The van der Waals surface area contributed by atoms with E-state index >= 15 is 0 Å². The van der Waals surface area contributed by atoms with Crippen LogP contribution in [0.2, 0.25) is 5.02 Å². The van der Waals surface area contributed by atoms with Crippen LogP contribution in [-0.2, 0) is 10.0 Å². The van der Waals surface area contributed by atoms with E-state index in [9.17, 15) is 13.2 Å². The minimum atomic E-state index is -3.82. The normalized spacial score (nSPS) is 11.7. The van der Waals surface area contributed by atoms with Gasteiger partial charge in [0, 0.05) is 15.6 Å². The van der Waals surface area contributed by atoms with Gasteiger partial charge in [-0.1, -0.05) is 59.6 Å². The Bertz CT molecular complexity index is 1430. The number of aryl methyl sites for hydroxylation is 1. The minimum Gasteiger partial charge on any atom is -0.422 e. The SMILES string of the molecule is Cc1ccc(S(=O)(=O)NN=Cc2ccccc2OC(=O)c2sc3ccccc3c2Cl)cc1. The molecule has 162 valence electrons. The van der Waals surface area contributed by atoms with Crippen LogP contribution < -0.4 is 9.57 Å². The smallest absolute Gasteiger partial charge is 0.355 e. The highest BCUT2D eigenvalue weighted by Crippen LogP contribution is 2.36. The molecule has 0 aliphatic carbocycles. The third kappa shape index (κ3) is 4.67. The average molecular weight is 485 g/mol. The Kier molecular flexibility index (Phi) is 6.27. The Balaban J connectivity index is 1.53. The lowest BCUT2D eigenvalue weighted by atomic mass is 10.2. The van der Waals surface area contributed by atoms with Gasteiger partial charge in [0.25, 0.3) is 10.0 Å². The zero-order valence-corrected chi connectivity index (χ0v) is 19.2. The molecule has 0 atom stereocenters. The highest BCUT2D eigenvalue weighted by molar-refractivity contribution is 7.89. The Morgan fingerprint density at radius 3 is 2.47 bits per heavy atom. The van der Waals surface area contributed by atoms with Gasteiger partial charge < -0.3 is 4.74 Å². The monoisotopic (exact) mass is 484 g/mol. The summed E-state index contributed by atoms with van der Waals surface area (Å²) in [5.74, 6) is -0.374. The topological polar surface area (TPSA) is 84.8 Å². The molecule has 0 unspecified atom stereocenters. The van der Waals surface area contributed by atoms with Crippen molar-refractivity contribution in [3.63, 3.8) is 0 Å². The van der Waals surface area contributed by atoms with Gasteiger partial charge in [0.15, 0.2) is 0 Å². The zero-order valence-electron chi connectivity index (χ0n) is 16.8. The summed E-state index contributed by atoms with van der Waals surface area (Å²) in [7, 11) is -3.82. The predicted octanol–water partition coefficient (Wildman–Crippen LogP) is 5.39. The van der Waals surface area contributed by atoms with Crippen molar-refractivity contribution in [3.8, 4) is 5.75 Å². The summed E-state index contributed by atoms with van der Waals surface area (Å²) in [6.07, 6.45) is 1.28. The molecule has 3 aromatic carbocycles. The highest BCUT2D eigenvalue weighted by atomic mass is 35.5. The summed E-state index contributed by atoms with van der Waals surface area (Å²) in [6.45, 7) is 1.87. The van der Waals surface area contributed by atoms with Crippen LogP contribution in [0.25, 0.3) is 10.1 Å². The molecule has 1 N–H and O–H groups in total. The lowest BCUT2D eigenvalue weighted by Crippen LogP contribution is -2.18. The van der Waals surface area contributed by atoms with Crippen LogP contribution in [0.15, 0.2) is 82.8 Å². The van der Waals surface area contributed by atoms with E-state index in [-0.39, 0.29) is 10.6 Å². The van der Waals surface area contributed by atoms with Gasteiger partial charge in [-0.2, -0.15) is 13.5 Å². The largest absolute Gasteiger partial charge is 0.422 e. The molecule has 0 aliphatic heterocycles. The van der Waals surface area contributed by atoms with Crippen LogP contribution >= 0.6 is 22.9 Å². The minimum absolute atomic E-state index is 0.0966. The van der Waals surface area contributed by atoms with Crippen molar-refractivity contribution in [2.45, 2.75) is 11.8 Å². The van der Waals surface area contributed by atoms with E-state index < -0.39 is 16.0 Å². The van der Waals surface area contributed by atoms with E-state index in [0.717, 1.165) is 15.6 Å². The van der Waals surface area contributed by atoms with Crippen molar-refractivity contribution < 1.29 is 17.9 Å². The maximum absolute atomic E-state index is 12.8. The number of sulfonamides is 1. The third-order valence-corrected chi connectivity index (χ3v) is 7.44. The molecule has 1 heterocycles. The fraction of sp³-hybridized carbons (Fsp3) is 0.0435. The van der Waals surface area contributed by atoms with Crippen molar-refractivity contribution in [2.24, 2.45) is 5.10 Å². The number of halogens is 1. The first-order valence-electron chi connectivity index (χ1n) is 9.45. The molecule has 4 aromatic rings. The predicted molar refractivity (Wildman–Crippen MR) is 127 cm³/mol. The number of carbonyl (C=O) groups is 1. The second-order valence-corrected chi connectivity index (χ2v) is 9.93. The standard InChI is InChI=1S/C23H17ClN2O4S2/c1-15-10-12-17(13-11-15)32(28,29)26-25-14-16-6-2-4-8-19(16)30-23(27)22-21(24)18-7-3-5-9-20(18)31-22/h2-14,26H,1H3. The van der Waals surface area contributed by atoms with Gasteiger partial charge >= 0.3 is 5.97 Å². The lowest BCUT2D eigenvalue weighted by Gasteiger charge is -2.07. The number of para-hydroxylation sites is 1. The molecule has 0 bridgehead atoms. The maximum atomic E-state index is 12.8. The number of nitrogens with zero attached hydrogens (tertiary/aromatic N) is 1. The zero-order chi connectivity index (χ0) is 22.7. The quantitative estimate of drug-likeness (QED) is 0.172. The third-order valence-electron chi connectivity index (χ3n) is 4.55. The summed E-state index contributed by atoms with van der Waals surface area (Å²) in [5, 5.41) is 4.95. The van der Waals surface area contributed by atoms with Gasteiger partial charge in [-0.15, -0.1) is 11.3 Å². The summed E-state index contributed by atoms with van der Waals surface area (Å²) >= 11 is 7.61. The first-order chi connectivity index (χ1) is 15.3. The van der Waals surface area contributed by atoms with Crippen molar-refractivity contribution in [1.29, 1.82) is 0 Å². The van der Waals surface area contributed by atoms with Crippen molar-refractivity contribution in [2.75, 3.05) is 0 Å². The van der Waals surface area contributed by atoms with Gasteiger partial charge in [0.2, 0.25) is 0 Å². The summed E-state index contributed by atoms with van der Waals surface area (Å²) in [6, 6.07) is 20.5. The fourth-order valence-corrected chi connectivity index (χ4v) is 5.08. The van der Waals surface area contributed by atoms with Crippen LogP contribution in [0.1, 0.15) is 20.8 Å². The van der Waals surface area contributed by atoms with Crippen molar-refractivity contribution >= 4 is 55.2 Å². The van der Waals surface area contributed by atoms with Crippen LogP contribution in [0.4, 0.5) is 0 Å². The van der Waals surface area contributed by atoms with E-state index in [1.165, 1.54) is 29.7 Å². The first-order valence-corrected chi connectivity index (χ1v) is 12.1. The molecule has 0 saturated heterocycles. The van der Waals surface area contributed by atoms with E-state index in [2.05, 4.69) is 9.93 Å². The average Bonchev–Trinajstić information content (AvgIpc) is 3.12. The molecule has 32 heavy (non-hydrogen) atoms. The number of benzene rings is 3. The fourth-order valence-electron chi connectivity index (χ4n) is 2.91. The summed E-state index contributed by atoms with van der Waals surface area (Å²) < 4.78 is 31.2. The molecule has 9 heteroatoms. The number of fused-ring (bicyclic) bond motifs is 1. The van der Waals surface area contributed by atoms with Gasteiger partial charge in [0.1, 0.15) is 10.6 Å². The van der Waals surface area contributed by atoms with Gasteiger partial charge in [-0.05, 0) is 37.3 Å². The second kappa shape index (κ2) is 9.12. The summed E-state index contributed by atoms with van der Waals surface area (Å²) in [4.78, 5) is 15.3. The Labute approximate surface area is 194 Å². The molecule has 0 fully saturated rings. The number of ether oxygens (including phenoxy) is 1. The Hall–Kier alpha value is -3.20. The molecule has 0 amide bonds. The Morgan fingerprint density at radius 1 is 1.03 bits per heavy atom. The number of thiophene rings is 1. The molecular formula is C23H17ClN2O4S2. The molecule has 4 rings (SSSR count). The molecule has 6 nitrogen and oxygen atoms in total. The number of nitrogens with one attached hydrogen (secondary N) is 1. The number of esters is 1. The Morgan fingerprint density at radius 2 is 1.72 bits per heavy atom. The molecular weight excluding hydrogens is 468 g/mol. The van der Waals surface area contributed by atoms with Crippen LogP contribution in [-0.4, -0.2) is 20.6 Å². The van der Waals surface area contributed by atoms with E-state index in [1.54, 1.807) is 36.4 Å². The second-order valence-electron chi connectivity index (χ2n) is 6.83. The number of hydrazone groups is 1. The summed E-state index contributed by atoms with van der Waals surface area (Å²) in [5.41, 5.74) is 1.37. The number of hydrogen-bond acceptors (Lipinski definition) is 6. The van der Waals surface area contributed by atoms with Crippen LogP contribution in [0, 0.1) is 6.92 Å². The van der Waals surface area contributed by atoms with E-state index in [4.69, 9.17) is 16.3 Å². The molecule has 0 aliphatic rings. The maximum Gasteiger partial charge on any atom is 0.355 e. The van der Waals surface area contributed by atoms with E-state index in [0.29, 0.717) is 15.5 Å². The first kappa shape index (κ1) is 22.0. The number of hydrogen-bond donors (Lipinski definition) is 1. The van der Waals surface area contributed by atoms with E-state index in [1.807, 2.05) is 31.2 Å². The van der Waals surface area contributed by atoms with Crippen LogP contribution in [0.3, 0.4) is 0 Å². The number of carbonyl (C=O) groups excluding carboxylic acids is 1. The van der Waals surface area contributed by atoms with Crippen LogP contribution in [0.5, 0.6) is 5.75 Å². The van der Waals surface area contributed by atoms with Crippen molar-refractivity contribution in [1.82, 2.24) is 4.83 Å². The highest BCUT2D eigenvalue weighted by Gasteiger charge is 2.20. The lowest BCUT2D eigenvalue weighted by molar-refractivity contribution is 0.0740. The molecule has 0 spiro atoms. The molecule has 0 saturated carbocycles. The van der Waals surface area contributed by atoms with Crippen molar-refractivity contribution in [3.05, 3.63) is 93.8 Å². The molecule has 0 radical (unpaired) electrons. The van der Waals surface area contributed by atoms with Gasteiger partial charge in [0.05, 0.1) is 16.1 Å². The number of rotatable bonds is 6. The van der Waals surface area contributed by atoms with Gasteiger partial charge in [-0.3, -0.25) is 0 Å².